The standard InChI is InChI=1S/C18H36O3/c1-3-5-7-9-11-13-15-16(17(19)18(20)21)14-12-10-8-6-4-2/h16-17,19H,3-15H2,1-2H3,(H,20,21). The first-order valence-electron chi connectivity index (χ1n) is 9.04. The van der Waals surface area contributed by atoms with Gasteiger partial charge < -0.3 is 10.2 Å². The van der Waals surface area contributed by atoms with Crippen LogP contribution in [0.5, 0.6) is 0 Å². The zero-order chi connectivity index (χ0) is 15.9. The van der Waals surface area contributed by atoms with Crippen LogP contribution < -0.4 is 0 Å². The van der Waals surface area contributed by atoms with Crippen molar-refractivity contribution in [2.24, 2.45) is 5.92 Å². The molecule has 0 aromatic heterocycles. The molecule has 0 aliphatic carbocycles. The highest BCUT2D eigenvalue weighted by Crippen LogP contribution is 2.22. The molecule has 0 fully saturated rings. The third-order valence-electron chi connectivity index (χ3n) is 4.31. The molecule has 0 saturated heterocycles. The molecule has 0 aromatic rings. The predicted octanol–water partition coefficient (Wildman–Crippen LogP) is 5.16. The summed E-state index contributed by atoms with van der Waals surface area (Å²) in [6.45, 7) is 4.40. The molecule has 0 radical (unpaired) electrons. The second-order valence-electron chi connectivity index (χ2n) is 6.30. The van der Waals surface area contributed by atoms with Crippen molar-refractivity contribution in [1.82, 2.24) is 0 Å². The molecule has 0 heterocycles. The van der Waals surface area contributed by atoms with E-state index in [1.54, 1.807) is 0 Å². The summed E-state index contributed by atoms with van der Waals surface area (Å²) >= 11 is 0. The Bertz CT molecular complexity index is 241. The van der Waals surface area contributed by atoms with Crippen LogP contribution in [0.1, 0.15) is 97.3 Å². The molecule has 0 amide bonds. The van der Waals surface area contributed by atoms with E-state index in [9.17, 15) is 9.90 Å². The fraction of sp³-hybridized carbons (Fsp3) is 0.944. The average molecular weight is 300 g/mol. The average Bonchev–Trinajstić information content (AvgIpc) is 2.47. The van der Waals surface area contributed by atoms with Gasteiger partial charge in [0, 0.05) is 0 Å². The summed E-state index contributed by atoms with van der Waals surface area (Å²) in [7, 11) is 0. The third-order valence-corrected chi connectivity index (χ3v) is 4.31. The predicted molar refractivity (Wildman–Crippen MR) is 88.5 cm³/mol. The van der Waals surface area contributed by atoms with Crippen molar-refractivity contribution in [1.29, 1.82) is 0 Å². The van der Waals surface area contributed by atoms with E-state index in [0.29, 0.717) is 0 Å². The minimum atomic E-state index is -1.17. The highest BCUT2D eigenvalue weighted by molar-refractivity contribution is 5.72. The molecular weight excluding hydrogens is 264 g/mol. The quantitative estimate of drug-likeness (QED) is 0.411. The van der Waals surface area contributed by atoms with E-state index in [2.05, 4.69) is 13.8 Å². The number of unbranched alkanes of at least 4 members (excludes halogenated alkanes) is 9. The third kappa shape index (κ3) is 11.7. The minimum Gasteiger partial charge on any atom is -0.479 e. The van der Waals surface area contributed by atoms with E-state index in [1.807, 2.05) is 0 Å². The summed E-state index contributed by atoms with van der Waals surface area (Å²) in [5.74, 6) is -1.12. The zero-order valence-corrected chi connectivity index (χ0v) is 14.1. The van der Waals surface area contributed by atoms with E-state index in [-0.39, 0.29) is 5.92 Å². The fourth-order valence-electron chi connectivity index (χ4n) is 2.86. The lowest BCUT2D eigenvalue weighted by Crippen LogP contribution is -2.29. The summed E-state index contributed by atoms with van der Waals surface area (Å²) in [6, 6.07) is 0. The molecule has 0 saturated carbocycles. The Morgan fingerprint density at radius 3 is 1.52 bits per heavy atom. The fourth-order valence-corrected chi connectivity index (χ4v) is 2.86. The van der Waals surface area contributed by atoms with Gasteiger partial charge in [0.15, 0.2) is 6.10 Å². The van der Waals surface area contributed by atoms with Crippen LogP contribution in [0, 0.1) is 5.92 Å². The number of carboxylic acids is 1. The maximum atomic E-state index is 11.0. The maximum absolute atomic E-state index is 11.0. The Balaban J connectivity index is 3.89. The van der Waals surface area contributed by atoms with Crippen LogP contribution >= 0.6 is 0 Å². The van der Waals surface area contributed by atoms with Crippen LogP contribution in [0.2, 0.25) is 0 Å². The van der Waals surface area contributed by atoms with Crippen molar-refractivity contribution in [3.05, 3.63) is 0 Å². The Morgan fingerprint density at radius 2 is 1.14 bits per heavy atom. The van der Waals surface area contributed by atoms with Crippen LogP contribution in [-0.4, -0.2) is 22.3 Å². The molecule has 3 nitrogen and oxygen atoms in total. The van der Waals surface area contributed by atoms with Crippen LogP contribution in [0.3, 0.4) is 0 Å². The van der Waals surface area contributed by atoms with Gasteiger partial charge in [0.1, 0.15) is 0 Å². The number of rotatable bonds is 15. The summed E-state index contributed by atoms with van der Waals surface area (Å²) in [4.78, 5) is 11.0. The Kier molecular flexibility index (Phi) is 14.0. The number of aliphatic carboxylic acids is 1. The first-order valence-corrected chi connectivity index (χ1v) is 9.04. The van der Waals surface area contributed by atoms with Gasteiger partial charge in [-0.2, -0.15) is 0 Å². The molecule has 0 spiro atoms. The summed E-state index contributed by atoms with van der Waals surface area (Å²) < 4.78 is 0. The normalized spacial score (nSPS) is 14.0. The number of carbonyl (C=O) groups is 1. The minimum absolute atomic E-state index is 0.0599. The number of aliphatic hydroxyl groups is 1. The summed E-state index contributed by atoms with van der Waals surface area (Å²) in [5, 5.41) is 18.8. The molecule has 0 bridgehead atoms. The lowest BCUT2D eigenvalue weighted by molar-refractivity contribution is -0.150. The number of carboxylic acid groups (broad SMARTS) is 1. The van der Waals surface area contributed by atoms with Gasteiger partial charge in [-0.3, -0.25) is 0 Å². The van der Waals surface area contributed by atoms with Crippen LogP contribution in [0.25, 0.3) is 0 Å². The molecule has 3 heteroatoms. The van der Waals surface area contributed by atoms with E-state index in [0.717, 1.165) is 32.1 Å². The van der Waals surface area contributed by atoms with Gasteiger partial charge in [-0.1, -0.05) is 84.5 Å². The van der Waals surface area contributed by atoms with Gasteiger partial charge in [0.05, 0.1) is 0 Å². The molecule has 21 heavy (non-hydrogen) atoms. The van der Waals surface area contributed by atoms with Gasteiger partial charge in [-0.05, 0) is 18.8 Å². The topological polar surface area (TPSA) is 57.5 Å². The second-order valence-corrected chi connectivity index (χ2v) is 6.30. The van der Waals surface area contributed by atoms with Crippen molar-refractivity contribution in [3.8, 4) is 0 Å². The van der Waals surface area contributed by atoms with E-state index >= 15 is 0 Å². The van der Waals surface area contributed by atoms with Crippen molar-refractivity contribution in [2.45, 2.75) is 103 Å². The maximum Gasteiger partial charge on any atom is 0.332 e. The van der Waals surface area contributed by atoms with Crippen molar-refractivity contribution in [3.63, 3.8) is 0 Å². The highest BCUT2D eigenvalue weighted by Gasteiger charge is 2.24. The van der Waals surface area contributed by atoms with Crippen molar-refractivity contribution < 1.29 is 15.0 Å². The van der Waals surface area contributed by atoms with E-state index in [4.69, 9.17) is 5.11 Å². The summed E-state index contributed by atoms with van der Waals surface area (Å²) in [5.41, 5.74) is 0. The second kappa shape index (κ2) is 14.4. The molecular formula is C18H36O3. The van der Waals surface area contributed by atoms with Gasteiger partial charge in [0.25, 0.3) is 0 Å². The Labute approximate surface area is 131 Å². The first kappa shape index (κ1) is 20.4. The van der Waals surface area contributed by atoms with E-state index < -0.39 is 12.1 Å². The lowest BCUT2D eigenvalue weighted by atomic mass is 9.89. The zero-order valence-electron chi connectivity index (χ0n) is 14.1. The lowest BCUT2D eigenvalue weighted by Gasteiger charge is -2.20. The molecule has 2 unspecified atom stereocenters. The number of hydrogen-bond donors (Lipinski definition) is 2. The molecule has 0 aliphatic rings. The molecule has 2 N–H and O–H groups in total. The van der Waals surface area contributed by atoms with E-state index in [1.165, 1.54) is 51.4 Å². The Hall–Kier alpha value is -0.570. The summed E-state index contributed by atoms with van der Waals surface area (Å²) in [6.07, 6.45) is 13.7. The van der Waals surface area contributed by atoms with Gasteiger partial charge in [0.2, 0.25) is 0 Å². The number of aliphatic hydroxyl groups excluding tert-OH is 1. The SMILES string of the molecule is CCCCCCCCC(CCCCCCC)C(O)C(=O)O. The highest BCUT2D eigenvalue weighted by atomic mass is 16.4. The molecule has 0 aliphatic heterocycles. The molecule has 2 atom stereocenters. The molecule has 0 rings (SSSR count). The van der Waals surface area contributed by atoms with Crippen molar-refractivity contribution in [2.75, 3.05) is 0 Å². The molecule has 0 aromatic carbocycles. The first-order chi connectivity index (χ1) is 10.1. The van der Waals surface area contributed by atoms with Gasteiger partial charge >= 0.3 is 5.97 Å². The molecule has 126 valence electrons. The smallest absolute Gasteiger partial charge is 0.332 e. The van der Waals surface area contributed by atoms with Gasteiger partial charge in [-0.15, -0.1) is 0 Å². The largest absolute Gasteiger partial charge is 0.479 e. The van der Waals surface area contributed by atoms with Crippen LogP contribution in [-0.2, 0) is 4.79 Å². The van der Waals surface area contributed by atoms with Crippen LogP contribution in [0.4, 0.5) is 0 Å². The Morgan fingerprint density at radius 1 is 0.762 bits per heavy atom. The number of hydrogen-bond acceptors (Lipinski definition) is 2. The van der Waals surface area contributed by atoms with Gasteiger partial charge in [-0.25, -0.2) is 4.79 Å². The van der Waals surface area contributed by atoms with Crippen molar-refractivity contribution >= 4 is 5.97 Å². The monoisotopic (exact) mass is 300 g/mol. The van der Waals surface area contributed by atoms with Crippen LogP contribution in [0.15, 0.2) is 0 Å².